The van der Waals surface area contributed by atoms with Crippen LogP contribution in [0.25, 0.3) is 11.1 Å². The fourth-order valence-corrected chi connectivity index (χ4v) is 2.59. The molecule has 2 aromatic heterocycles. The zero-order chi connectivity index (χ0) is 15.9. The highest BCUT2D eigenvalue weighted by Gasteiger charge is 2.29. The van der Waals surface area contributed by atoms with Crippen LogP contribution in [0.1, 0.15) is 54.4 Å². The average Bonchev–Trinajstić information content (AvgIpc) is 3.28. The highest BCUT2D eigenvalue weighted by atomic mass is 16.5. The monoisotopic (exact) mass is 302 g/mol. The van der Waals surface area contributed by atoms with E-state index < -0.39 is 0 Å². The van der Waals surface area contributed by atoms with Crippen LogP contribution in [-0.2, 0) is 0 Å². The molecular weight excluding hydrogens is 280 g/mol. The first-order chi connectivity index (χ1) is 10.5. The van der Waals surface area contributed by atoms with Gasteiger partial charge in [0.05, 0.1) is 16.6 Å². The normalized spacial score (nSPS) is 16.2. The Morgan fingerprint density at radius 1 is 1.50 bits per heavy atom. The van der Waals surface area contributed by atoms with Crippen molar-refractivity contribution in [3.8, 4) is 0 Å². The summed E-state index contributed by atoms with van der Waals surface area (Å²) in [6.45, 7) is 6.37. The van der Waals surface area contributed by atoms with Crippen LogP contribution in [0.15, 0.2) is 10.6 Å². The number of fused-ring (bicyclic) bond motifs is 1. The van der Waals surface area contributed by atoms with Crippen molar-refractivity contribution in [1.82, 2.24) is 15.5 Å². The lowest BCUT2D eigenvalue weighted by molar-refractivity contribution is 0.0951. The topological polar surface area (TPSA) is 94.0 Å². The standard InChI is InChI=1S/C16H22N4O2/c1-8(2)13-6-11(14-9(3)20-22-16(14)19-13)15(21)18-7-12(17)10-4-5-10/h6,8,10,12H,4-5,7,17H2,1-3H3,(H,18,21). The van der Waals surface area contributed by atoms with Crippen LogP contribution in [0.3, 0.4) is 0 Å². The first kappa shape index (κ1) is 15.0. The number of carbonyl (C=O) groups excluding carboxylic acids is 1. The first-order valence-electron chi connectivity index (χ1n) is 7.78. The van der Waals surface area contributed by atoms with E-state index in [9.17, 15) is 4.79 Å². The maximum atomic E-state index is 12.6. The fourth-order valence-electron chi connectivity index (χ4n) is 2.59. The van der Waals surface area contributed by atoms with E-state index in [1.54, 1.807) is 0 Å². The van der Waals surface area contributed by atoms with E-state index in [1.807, 2.05) is 26.8 Å². The lowest BCUT2D eigenvalue weighted by Crippen LogP contribution is -2.38. The number of amides is 1. The number of aromatic nitrogens is 2. The summed E-state index contributed by atoms with van der Waals surface area (Å²) in [5.41, 5.74) is 8.53. The third kappa shape index (κ3) is 2.83. The van der Waals surface area contributed by atoms with Gasteiger partial charge in [-0.05, 0) is 37.7 Å². The summed E-state index contributed by atoms with van der Waals surface area (Å²) in [4.78, 5) is 17.0. The Kier molecular flexibility index (Phi) is 3.87. The molecule has 2 aromatic rings. The summed E-state index contributed by atoms with van der Waals surface area (Å²) in [5.74, 6) is 0.619. The fraction of sp³-hybridized carbons (Fsp3) is 0.562. The van der Waals surface area contributed by atoms with Crippen LogP contribution in [-0.4, -0.2) is 28.6 Å². The summed E-state index contributed by atoms with van der Waals surface area (Å²) >= 11 is 0. The molecule has 0 aliphatic heterocycles. The van der Waals surface area contributed by atoms with Gasteiger partial charge in [-0.15, -0.1) is 0 Å². The second-order valence-electron chi connectivity index (χ2n) is 6.41. The minimum Gasteiger partial charge on any atom is -0.350 e. The summed E-state index contributed by atoms with van der Waals surface area (Å²) in [6, 6.07) is 1.87. The van der Waals surface area contributed by atoms with Gasteiger partial charge in [0.25, 0.3) is 11.6 Å². The minimum absolute atomic E-state index is 0.0365. The highest BCUT2D eigenvalue weighted by molar-refractivity contribution is 6.06. The van der Waals surface area contributed by atoms with Crippen molar-refractivity contribution in [2.75, 3.05) is 6.54 Å². The van der Waals surface area contributed by atoms with Crippen LogP contribution in [0, 0.1) is 12.8 Å². The molecule has 1 amide bonds. The van der Waals surface area contributed by atoms with E-state index in [-0.39, 0.29) is 17.9 Å². The van der Waals surface area contributed by atoms with E-state index in [4.69, 9.17) is 10.3 Å². The zero-order valence-electron chi connectivity index (χ0n) is 13.2. The predicted molar refractivity (Wildman–Crippen MR) is 83.7 cm³/mol. The SMILES string of the molecule is Cc1noc2nc(C(C)C)cc(C(=O)NCC(N)C3CC3)c12. The van der Waals surface area contributed by atoms with Gasteiger partial charge in [0.2, 0.25) is 0 Å². The number of hydrogen-bond acceptors (Lipinski definition) is 5. The molecule has 1 aliphatic carbocycles. The number of aryl methyl sites for hydroxylation is 1. The van der Waals surface area contributed by atoms with Crippen LogP contribution in [0.5, 0.6) is 0 Å². The van der Waals surface area contributed by atoms with E-state index in [0.717, 1.165) is 5.69 Å². The van der Waals surface area contributed by atoms with E-state index in [2.05, 4.69) is 15.5 Å². The number of nitrogens with one attached hydrogen (secondary N) is 1. The maximum absolute atomic E-state index is 12.6. The van der Waals surface area contributed by atoms with Gasteiger partial charge in [-0.2, -0.15) is 0 Å². The van der Waals surface area contributed by atoms with E-state index in [1.165, 1.54) is 12.8 Å². The zero-order valence-corrected chi connectivity index (χ0v) is 13.2. The van der Waals surface area contributed by atoms with Gasteiger partial charge in [-0.25, -0.2) is 4.98 Å². The second-order valence-corrected chi connectivity index (χ2v) is 6.41. The lowest BCUT2D eigenvalue weighted by atomic mass is 10.0. The molecule has 1 saturated carbocycles. The molecule has 1 fully saturated rings. The third-order valence-electron chi connectivity index (χ3n) is 4.20. The van der Waals surface area contributed by atoms with Gasteiger partial charge in [-0.1, -0.05) is 19.0 Å². The molecule has 0 radical (unpaired) electrons. The molecule has 1 aliphatic rings. The Bertz CT molecular complexity index is 703. The number of pyridine rings is 1. The predicted octanol–water partition coefficient (Wildman–Crippen LogP) is 2.12. The highest BCUT2D eigenvalue weighted by Crippen LogP contribution is 2.31. The Morgan fingerprint density at radius 3 is 2.86 bits per heavy atom. The molecule has 0 bridgehead atoms. The van der Waals surface area contributed by atoms with Crippen LogP contribution in [0.4, 0.5) is 0 Å². The summed E-state index contributed by atoms with van der Waals surface area (Å²) in [6.07, 6.45) is 2.33. The lowest BCUT2D eigenvalue weighted by Gasteiger charge is -2.13. The van der Waals surface area contributed by atoms with Crippen molar-refractivity contribution in [3.63, 3.8) is 0 Å². The minimum atomic E-state index is -0.142. The number of nitrogens with zero attached hydrogens (tertiary/aromatic N) is 2. The Hall–Kier alpha value is -1.95. The van der Waals surface area contributed by atoms with Crippen LogP contribution < -0.4 is 11.1 Å². The molecule has 0 aromatic carbocycles. The summed E-state index contributed by atoms with van der Waals surface area (Å²) < 4.78 is 5.24. The van der Waals surface area contributed by atoms with Crippen molar-refractivity contribution >= 4 is 17.0 Å². The largest absolute Gasteiger partial charge is 0.350 e. The Labute approximate surface area is 129 Å². The number of hydrogen-bond donors (Lipinski definition) is 2. The molecule has 2 heterocycles. The van der Waals surface area contributed by atoms with Gasteiger partial charge in [0.15, 0.2) is 0 Å². The van der Waals surface area contributed by atoms with Crippen molar-refractivity contribution in [1.29, 1.82) is 0 Å². The third-order valence-corrected chi connectivity index (χ3v) is 4.20. The molecule has 0 spiro atoms. The molecule has 6 heteroatoms. The molecule has 1 unspecified atom stereocenters. The molecule has 6 nitrogen and oxygen atoms in total. The van der Waals surface area contributed by atoms with Crippen molar-refractivity contribution in [2.24, 2.45) is 11.7 Å². The van der Waals surface area contributed by atoms with Crippen molar-refractivity contribution in [2.45, 2.75) is 45.6 Å². The molecule has 3 rings (SSSR count). The van der Waals surface area contributed by atoms with Crippen molar-refractivity contribution < 1.29 is 9.32 Å². The van der Waals surface area contributed by atoms with Crippen LogP contribution >= 0.6 is 0 Å². The molecule has 3 N–H and O–H groups in total. The van der Waals surface area contributed by atoms with Gasteiger partial charge in [0.1, 0.15) is 0 Å². The number of nitrogens with two attached hydrogens (primary N) is 1. The van der Waals surface area contributed by atoms with Gasteiger partial charge in [0, 0.05) is 18.3 Å². The molecular formula is C16H22N4O2. The van der Waals surface area contributed by atoms with Gasteiger partial charge < -0.3 is 15.6 Å². The quantitative estimate of drug-likeness (QED) is 0.882. The van der Waals surface area contributed by atoms with E-state index in [0.29, 0.717) is 34.8 Å². The summed E-state index contributed by atoms with van der Waals surface area (Å²) in [5, 5.41) is 7.55. The smallest absolute Gasteiger partial charge is 0.259 e. The first-order valence-corrected chi connectivity index (χ1v) is 7.78. The Morgan fingerprint density at radius 2 is 2.23 bits per heavy atom. The second kappa shape index (κ2) is 5.68. The number of carbonyl (C=O) groups is 1. The Balaban J connectivity index is 1.89. The molecule has 1 atom stereocenters. The van der Waals surface area contributed by atoms with Crippen molar-refractivity contribution in [3.05, 3.63) is 23.0 Å². The molecule has 0 saturated heterocycles. The van der Waals surface area contributed by atoms with Gasteiger partial charge >= 0.3 is 0 Å². The maximum Gasteiger partial charge on any atom is 0.259 e. The molecule has 118 valence electrons. The van der Waals surface area contributed by atoms with E-state index >= 15 is 0 Å². The average molecular weight is 302 g/mol. The van der Waals surface area contributed by atoms with Crippen LogP contribution in [0.2, 0.25) is 0 Å². The number of rotatable bonds is 5. The van der Waals surface area contributed by atoms with Gasteiger partial charge in [-0.3, -0.25) is 4.79 Å². The molecule has 22 heavy (non-hydrogen) atoms. The summed E-state index contributed by atoms with van der Waals surface area (Å²) in [7, 11) is 0.